The van der Waals surface area contributed by atoms with E-state index in [4.69, 9.17) is 14.2 Å². The van der Waals surface area contributed by atoms with Gasteiger partial charge in [-0.25, -0.2) is 26.3 Å². The van der Waals surface area contributed by atoms with E-state index in [0.717, 1.165) is 10.2 Å². The molecule has 3 aromatic rings. The third-order valence-electron chi connectivity index (χ3n) is 9.85. The van der Waals surface area contributed by atoms with E-state index >= 15 is 0 Å². The number of methoxy groups -OCH3 is 3. The second-order valence-corrected chi connectivity index (χ2v) is 14.6. The SMILES string of the molecule is COc1cccc(Br)c1.COc1cccc(C2(C(=O)O)CCC(F)(F)CC2)c1.COc1cccc(C2(O)CCC(F)(F)CC2)c1.O=C1CCC(F)(F)CC1. The number of alkyl halides is 6. The summed E-state index contributed by atoms with van der Waals surface area (Å²) < 4.78 is 93.3. The average molecular weight is 834 g/mol. The highest BCUT2D eigenvalue weighted by Crippen LogP contribution is 2.47. The molecule has 0 unspecified atom stereocenters. The first kappa shape index (κ1) is 44.6. The van der Waals surface area contributed by atoms with E-state index in [1.807, 2.05) is 24.3 Å². The van der Waals surface area contributed by atoms with Crippen LogP contribution in [-0.2, 0) is 20.6 Å². The van der Waals surface area contributed by atoms with E-state index in [0.29, 0.717) is 22.6 Å². The summed E-state index contributed by atoms with van der Waals surface area (Å²) in [6.45, 7) is 0. The third-order valence-corrected chi connectivity index (χ3v) is 10.3. The molecule has 0 bridgehead atoms. The van der Waals surface area contributed by atoms with Crippen LogP contribution in [0, 0.1) is 0 Å². The van der Waals surface area contributed by atoms with Gasteiger partial charge in [-0.15, -0.1) is 0 Å². The van der Waals surface area contributed by atoms with Crippen molar-refractivity contribution in [2.24, 2.45) is 0 Å². The molecule has 0 aromatic heterocycles. The molecule has 2 N–H and O–H groups in total. The van der Waals surface area contributed by atoms with E-state index in [2.05, 4.69) is 15.9 Å². The molecule has 0 spiro atoms. The predicted molar refractivity (Wildman–Crippen MR) is 195 cm³/mol. The molecule has 0 saturated heterocycles. The molecule has 3 aliphatic carbocycles. The molecule has 3 saturated carbocycles. The van der Waals surface area contributed by atoms with Crippen molar-refractivity contribution in [2.75, 3.05) is 21.3 Å². The summed E-state index contributed by atoms with van der Waals surface area (Å²) >= 11 is 3.32. The molecule has 0 radical (unpaired) electrons. The van der Waals surface area contributed by atoms with Crippen LogP contribution in [0.5, 0.6) is 17.2 Å². The summed E-state index contributed by atoms with van der Waals surface area (Å²) in [6, 6.07) is 21.4. The molecule has 298 valence electrons. The van der Waals surface area contributed by atoms with Gasteiger partial charge in [0, 0.05) is 55.8 Å². The van der Waals surface area contributed by atoms with Crippen LogP contribution >= 0.6 is 15.9 Å². The van der Waals surface area contributed by atoms with Crippen LogP contribution in [0.3, 0.4) is 0 Å². The first-order valence-corrected chi connectivity index (χ1v) is 18.3. The van der Waals surface area contributed by atoms with E-state index in [9.17, 15) is 46.1 Å². The summed E-state index contributed by atoms with van der Waals surface area (Å²) in [7, 11) is 4.68. The molecule has 3 aliphatic rings. The largest absolute Gasteiger partial charge is 0.497 e. The van der Waals surface area contributed by atoms with Gasteiger partial charge < -0.3 is 24.4 Å². The number of carbonyl (C=O) groups is 2. The van der Waals surface area contributed by atoms with Crippen molar-refractivity contribution in [3.8, 4) is 17.2 Å². The van der Waals surface area contributed by atoms with E-state index in [-0.39, 0.29) is 70.0 Å². The number of hydrogen-bond donors (Lipinski definition) is 2. The number of ketones is 1. The highest BCUT2D eigenvalue weighted by atomic mass is 79.9. The molecule has 6 rings (SSSR count). The van der Waals surface area contributed by atoms with Crippen molar-refractivity contribution in [1.29, 1.82) is 0 Å². The number of carboxylic acids is 1. The van der Waals surface area contributed by atoms with Crippen molar-refractivity contribution in [3.63, 3.8) is 0 Å². The van der Waals surface area contributed by atoms with E-state index < -0.39 is 47.6 Å². The number of Topliss-reactive ketones (excluding diaryl/α,β-unsaturated/α-hetero) is 1. The fourth-order valence-electron chi connectivity index (χ4n) is 6.31. The minimum atomic E-state index is -2.75. The molecule has 14 heteroatoms. The zero-order valence-electron chi connectivity index (χ0n) is 30.5. The summed E-state index contributed by atoms with van der Waals surface area (Å²) in [5.41, 5.74) is -1.17. The first-order valence-electron chi connectivity index (χ1n) is 17.5. The van der Waals surface area contributed by atoms with Gasteiger partial charge >= 0.3 is 5.97 Å². The van der Waals surface area contributed by atoms with Crippen molar-refractivity contribution < 1.29 is 60.4 Å². The number of ether oxygens (including phenoxy) is 3. The smallest absolute Gasteiger partial charge is 0.314 e. The number of benzene rings is 3. The number of halogens is 7. The highest BCUT2D eigenvalue weighted by molar-refractivity contribution is 9.10. The van der Waals surface area contributed by atoms with Gasteiger partial charge in [-0.2, -0.15) is 0 Å². The molecule has 3 aromatic carbocycles. The number of aliphatic hydroxyl groups is 1. The van der Waals surface area contributed by atoms with Crippen molar-refractivity contribution in [3.05, 3.63) is 88.4 Å². The lowest BCUT2D eigenvalue weighted by Gasteiger charge is -2.37. The summed E-state index contributed by atoms with van der Waals surface area (Å²) in [6.07, 6.45) is -1.60. The fraction of sp³-hybridized carbons (Fsp3) is 0.500. The Labute approximate surface area is 320 Å². The number of carboxylic acid groups (broad SMARTS) is 1. The summed E-state index contributed by atoms with van der Waals surface area (Å²) in [4.78, 5) is 22.0. The summed E-state index contributed by atoms with van der Waals surface area (Å²) in [5, 5.41) is 19.9. The average Bonchev–Trinajstić information content (AvgIpc) is 3.15. The van der Waals surface area contributed by atoms with Crippen LogP contribution in [0.15, 0.2) is 77.3 Å². The number of aliphatic carboxylic acids is 1. The van der Waals surface area contributed by atoms with Crippen molar-refractivity contribution in [1.82, 2.24) is 0 Å². The number of carbonyl (C=O) groups excluding carboxylic acids is 1. The lowest BCUT2D eigenvalue weighted by atomic mass is 9.68. The van der Waals surface area contributed by atoms with Crippen LogP contribution in [0.25, 0.3) is 0 Å². The minimum absolute atomic E-state index is 0.0269. The molecule has 54 heavy (non-hydrogen) atoms. The van der Waals surface area contributed by atoms with Gasteiger partial charge in [0.25, 0.3) is 0 Å². The second-order valence-electron chi connectivity index (χ2n) is 13.7. The number of hydrogen-bond acceptors (Lipinski definition) is 6. The third kappa shape index (κ3) is 13.2. The van der Waals surface area contributed by atoms with E-state index in [1.165, 1.54) is 14.2 Å². The maximum Gasteiger partial charge on any atom is 0.314 e. The summed E-state index contributed by atoms with van der Waals surface area (Å²) in [5.74, 6) is -6.97. The zero-order chi connectivity index (χ0) is 40.2. The fourth-order valence-corrected chi connectivity index (χ4v) is 6.69. The Morgan fingerprint density at radius 2 is 0.981 bits per heavy atom. The molecule has 3 fully saturated rings. The molecule has 0 aliphatic heterocycles. The highest BCUT2D eigenvalue weighted by Gasteiger charge is 2.49. The van der Waals surface area contributed by atoms with Crippen LogP contribution in [0.4, 0.5) is 26.3 Å². The minimum Gasteiger partial charge on any atom is -0.497 e. The Kier molecular flexibility index (Phi) is 15.9. The topological polar surface area (TPSA) is 102 Å². The van der Waals surface area contributed by atoms with E-state index in [1.54, 1.807) is 55.6 Å². The number of rotatable bonds is 6. The first-order chi connectivity index (χ1) is 25.3. The van der Waals surface area contributed by atoms with Gasteiger partial charge in [0.05, 0.1) is 32.3 Å². The van der Waals surface area contributed by atoms with Gasteiger partial charge in [0.15, 0.2) is 0 Å². The molecular formula is C40H47BrF6O7. The Balaban J connectivity index is 0.000000204. The Bertz CT molecular complexity index is 1650. The van der Waals surface area contributed by atoms with Crippen molar-refractivity contribution >= 4 is 27.7 Å². The van der Waals surface area contributed by atoms with Gasteiger partial charge in [-0.1, -0.05) is 46.3 Å². The zero-order valence-corrected chi connectivity index (χ0v) is 32.1. The quantitative estimate of drug-likeness (QED) is 0.239. The molecule has 7 nitrogen and oxygen atoms in total. The Morgan fingerprint density at radius 3 is 1.39 bits per heavy atom. The van der Waals surface area contributed by atoms with Gasteiger partial charge in [0.2, 0.25) is 17.8 Å². The standard InChI is InChI=1S/C14H16F2O3.C13H16F2O2.C7H7BrO.C6H8F2O/c1-19-11-4-2-3-10(9-11)13(12(17)18)5-7-14(15,16)8-6-13;1-17-11-4-2-3-10(9-11)12(16)5-7-13(14,15)8-6-12;1-9-7-4-2-3-6(8)5-7;7-6(8)3-1-5(9)2-4-6/h2-4,9H,5-8H2,1H3,(H,17,18);2-4,9,16H,5-8H2,1H3;2-5H,1H3;1-4H2. The molecular weight excluding hydrogens is 786 g/mol. The second kappa shape index (κ2) is 19.2. The van der Waals surface area contributed by atoms with Gasteiger partial charge in [0.1, 0.15) is 23.0 Å². The predicted octanol–water partition coefficient (Wildman–Crippen LogP) is 10.5. The normalized spacial score (nSPS) is 20.2. The molecule has 0 heterocycles. The van der Waals surface area contributed by atoms with Crippen molar-refractivity contribution in [2.45, 2.75) is 106 Å². The molecule has 0 amide bonds. The van der Waals surface area contributed by atoms with Crippen LogP contribution < -0.4 is 14.2 Å². The van der Waals surface area contributed by atoms with Gasteiger partial charge in [-0.3, -0.25) is 9.59 Å². The maximum absolute atomic E-state index is 13.3. The molecule has 0 atom stereocenters. The van der Waals surface area contributed by atoms with Crippen LogP contribution in [0.2, 0.25) is 0 Å². The van der Waals surface area contributed by atoms with Gasteiger partial charge in [-0.05, 0) is 79.3 Å². The van der Waals surface area contributed by atoms with Crippen LogP contribution in [0.1, 0.15) is 88.2 Å². The monoisotopic (exact) mass is 832 g/mol. The Hall–Kier alpha value is -3.78. The van der Waals surface area contributed by atoms with Crippen LogP contribution in [-0.4, -0.2) is 61.1 Å². The lowest BCUT2D eigenvalue weighted by molar-refractivity contribution is -0.149. The lowest BCUT2D eigenvalue weighted by Crippen LogP contribution is -2.42. The maximum atomic E-state index is 13.3. The Morgan fingerprint density at radius 1 is 0.593 bits per heavy atom.